The Balaban J connectivity index is 2.03. The largest absolute Gasteiger partial charge is 0.384 e. The van der Waals surface area contributed by atoms with Gasteiger partial charge in [-0.25, -0.2) is 4.98 Å². The van der Waals surface area contributed by atoms with Gasteiger partial charge in [0.1, 0.15) is 5.82 Å². The molecule has 5 heteroatoms. The molecule has 1 aliphatic rings. The first-order valence-electron chi connectivity index (χ1n) is 7.22. The number of rotatable bonds is 6. The van der Waals surface area contributed by atoms with E-state index in [2.05, 4.69) is 35.1 Å². The Hall–Kier alpha value is -0.840. The molecule has 0 radical (unpaired) electrons. The third-order valence-electron chi connectivity index (χ3n) is 3.63. The topological polar surface area (TPSA) is 37.4 Å². The highest BCUT2D eigenvalue weighted by Crippen LogP contribution is 2.25. The van der Waals surface area contributed by atoms with E-state index in [0.717, 1.165) is 49.1 Å². The van der Waals surface area contributed by atoms with Crippen molar-refractivity contribution in [2.45, 2.75) is 32.9 Å². The lowest BCUT2D eigenvalue weighted by atomic mass is 10.1. The summed E-state index contributed by atoms with van der Waals surface area (Å²) >= 11 is 6.22. The van der Waals surface area contributed by atoms with Crippen molar-refractivity contribution in [3.8, 4) is 0 Å². The zero-order valence-corrected chi connectivity index (χ0v) is 13.3. The van der Waals surface area contributed by atoms with Crippen LogP contribution in [0.15, 0.2) is 12.3 Å². The van der Waals surface area contributed by atoms with Crippen molar-refractivity contribution in [2.75, 3.05) is 31.7 Å². The number of nitrogens with zero attached hydrogens (tertiary/aromatic N) is 2. The van der Waals surface area contributed by atoms with Crippen LogP contribution in [-0.2, 0) is 11.3 Å². The zero-order valence-electron chi connectivity index (χ0n) is 12.5. The van der Waals surface area contributed by atoms with Gasteiger partial charge in [0.25, 0.3) is 0 Å². The van der Waals surface area contributed by atoms with Crippen LogP contribution in [0.25, 0.3) is 0 Å². The quantitative estimate of drug-likeness (QED) is 0.876. The Labute approximate surface area is 126 Å². The Morgan fingerprint density at radius 2 is 2.35 bits per heavy atom. The number of hydrogen-bond donors (Lipinski definition) is 1. The number of halogens is 1. The Bertz CT molecular complexity index is 439. The van der Waals surface area contributed by atoms with Gasteiger partial charge in [-0.2, -0.15) is 0 Å². The first-order valence-corrected chi connectivity index (χ1v) is 7.59. The van der Waals surface area contributed by atoms with Crippen LogP contribution < -0.4 is 10.2 Å². The molecule has 2 heterocycles. The van der Waals surface area contributed by atoms with Crippen LogP contribution in [-0.4, -0.2) is 37.8 Å². The van der Waals surface area contributed by atoms with E-state index in [4.69, 9.17) is 16.3 Å². The molecule has 0 amide bonds. The SMILES string of the molecule is COCC1CCN(c2cc(CNC(C)C)c(Cl)cn2)C1. The third kappa shape index (κ3) is 4.08. The average molecular weight is 298 g/mol. The van der Waals surface area contributed by atoms with E-state index in [0.29, 0.717) is 12.0 Å². The minimum Gasteiger partial charge on any atom is -0.384 e. The van der Waals surface area contributed by atoms with Crippen LogP contribution in [0.4, 0.5) is 5.82 Å². The maximum Gasteiger partial charge on any atom is 0.128 e. The lowest BCUT2D eigenvalue weighted by Gasteiger charge is -2.19. The standard InChI is InChI=1S/C15H24ClN3O/c1-11(2)17-7-13-6-15(18-8-14(13)16)19-5-4-12(9-19)10-20-3/h6,8,11-12,17H,4-5,7,9-10H2,1-3H3. The monoisotopic (exact) mass is 297 g/mol. The summed E-state index contributed by atoms with van der Waals surface area (Å²) in [6, 6.07) is 2.55. The van der Waals surface area contributed by atoms with Crippen LogP contribution in [0, 0.1) is 5.92 Å². The van der Waals surface area contributed by atoms with E-state index >= 15 is 0 Å². The second kappa shape index (κ2) is 7.25. The Morgan fingerprint density at radius 1 is 1.55 bits per heavy atom. The van der Waals surface area contributed by atoms with Gasteiger partial charge in [-0.3, -0.25) is 0 Å². The van der Waals surface area contributed by atoms with Gasteiger partial charge in [0, 0.05) is 44.9 Å². The minimum absolute atomic E-state index is 0.445. The maximum absolute atomic E-state index is 6.22. The summed E-state index contributed by atoms with van der Waals surface area (Å²) in [4.78, 5) is 6.79. The van der Waals surface area contributed by atoms with Gasteiger partial charge in [-0.15, -0.1) is 0 Å². The molecule has 4 nitrogen and oxygen atoms in total. The van der Waals surface area contributed by atoms with E-state index in [1.807, 2.05) is 0 Å². The van der Waals surface area contributed by atoms with Gasteiger partial charge in [-0.05, 0) is 18.1 Å². The van der Waals surface area contributed by atoms with Crippen LogP contribution in [0.5, 0.6) is 0 Å². The maximum atomic E-state index is 6.22. The molecule has 1 unspecified atom stereocenters. The average Bonchev–Trinajstić information content (AvgIpc) is 2.87. The van der Waals surface area contributed by atoms with Gasteiger partial charge in [0.2, 0.25) is 0 Å². The lowest BCUT2D eigenvalue weighted by Crippen LogP contribution is -2.24. The highest BCUT2D eigenvalue weighted by molar-refractivity contribution is 6.31. The number of ether oxygens (including phenoxy) is 1. The fourth-order valence-corrected chi connectivity index (χ4v) is 2.67. The first kappa shape index (κ1) is 15.5. The molecule has 112 valence electrons. The number of methoxy groups -OCH3 is 1. The number of nitrogens with one attached hydrogen (secondary N) is 1. The molecule has 1 N–H and O–H groups in total. The van der Waals surface area contributed by atoms with Crippen LogP contribution >= 0.6 is 11.6 Å². The van der Waals surface area contributed by atoms with E-state index < -0.39 is 0 Å². The number of aromatic nitrogens is 1. The predicted molar refractivity (Wildman–Crippen MR) is 83.4 cm³/mol. The van der Waals surface area contributed by atoms with E-state index in [1.165, 1.54) is 0 Å². The molecular formula is C15H24ClN3O. The Morgan fingerprint density at radius 3 is 3.05 bits per heavy atom. The number of anilines is 1. The summed E-state index contributed by atoms with van der Waals surface area (Å²) in [7, 11) is 1.76. The summed E-state index contributed by atoms with van der Waals surface area (Å²) in [5.74, 6) is 1.63. The first-order chi connectivity index (χ1) is 9.60. The van der Waals surface area contributed by atoms with E-state index in [9.17, 15) is 0 Å². The van der Waals surface area contributed by atoms with Gasteiger partial charge in [0.15, 0.2) is 0 Å². The van der Waals surface area contributed by atoms with Crippen molar-refractivity contribution >= 4 is 17.4 Å². The molecule has 1 aliphatic heterocycles. The molecule has 1 fully saturated rings. The normalized spacial score (nSPS) is 19.1. The van der Waals surface area contributed by atoms with Crippen molar-refractivity contribution in [3.63, 3.8) is 0 Å². The van der Waals surface area contributed by atoms with Crippen molar-refractivity contribution in [3.05, 3.63) is 22.8 Å². The molecule has 1 aromatic heterocycles. The molecule has 0 aromatic carbocycles. The zero-order chi connectivity index (χ0) is 14.5. The van der Waals surface area contributed by atoms with E-state index in [-0.39, 0.29) is 0 Å². The summed E-state index contributed by atoms with van der Waals surface area (Å²) in [6.07, 6.45) is 2.93. The fraction of sp³-hybridized carbons (Fsp3) is 0.667. The molecule has 1 atom stereocenters. The van der Waals surface area contributed by atoms with Crippen LogP contribution in [0.1, 0.15) is 25.8 Å². The minimum atomic E-state index is 0.445. The smallest absolute Gasteiger partial charge is 0.128 e. The van der Waals surface area contributed by atoms with Gasteiger partial charge < -0.3 is 15.0 Å². The molecular weight excluding hydrogens is 274 g/mol. The van der Waals surface area contributed by atoms with Crippen molar-refractivity contribution in [2.24, 2.45) is 5.92 Å². The summed E-state index contributed by atoms with van der Waals surface area (Å²) < 4.78 is 5.24. The van der Waals surface area contributed by atoms with Crippen molar-refractivity contribution in [1.82, 2.24) is 10.3 Å². The summed E-state index contributed by atoms with van der Waals surface area (Å²) in [6.45, 7) is 7.92. The van der Waals surface area contributed by atoms with Gasteiger partial charge in [-0.1, -0.05) is 25.4 Å². The second-order valence-electron chi connectivity index (χ2n) is 5.73. The highest BCUT2D eigenvalue weighted by Gasteiger charge is 2.23. The highest BCUT2D eigenvalue weighted by atomic mass is 35.5. The molecule has 2 rings (SSSR count). The molecule has 0 aliphatic carbocycles. The van der Waals surface area contributed by atoms with E-state index in [1.54, 1.807) is 13.3 Å². The van der Waals surface area contributed by atoms with Gasteiger partial charge in [0.05, 0.1) is 11.6 Å². The summed E-state index contributed by atoms with van der Waals surface area (Å²) in [5.41, 5.74) is 1.11. The molecule has 0 bridgehead atoms. The molecule has 1 saturated heterocycles. The number of hydrogen-bond acceptors (Lipinski definition) is 4. The molecule has 0 spiro atoms. The second-order valence-corrected chi connectivity index (χ2v) is 6.13. The predicted octanol–water partition coefficient (Wildman–Crippen LogP) is 2.71. The van der Waals surface area contributed by atoms with Crippen molar-refractivity contribution in [1.29, 1.82) is 0 Å². The fourth-order valence-electron chi connectivity index (χ4n) is 2.50. The third-order valence-corrected chi connectivity index (χ3v) is 3.97. The molecule has 20 heavy (non-hydrogen) atoms. The molecule has 0 saturated carbocycles. The lowest BCUT2D eigenvalue weighted by molar-refractivity contribution is 0.161. The number of pyridine rings is 1. The van der Waals surface area contributed by atoms with Crippen molar-refractivity contribution < 1.29 is 4.74 Å². The van der Waals surface area contributed by atoms with Gasteiger partial charge >= 0.3 is 0 Å². The summed E-state index contributed by atoms with van der Waals surface area (Å²) in [5, 5.41) is 4.13. The van der Waals surface area contributed by atoms with Crippen LogP contribution in [0.3, 0.4) is 0 Å². The molecule has 1 aromatic rings. The van der Waals surface area contributed by atoms with Crippen LogP contribution in [0.2, 0.25) is 5.02 Å². The Kier molecular flexibility index (Phi) is 5.64.